The van der Waals surface area contributed by atoms with E-state index in [1.165, 1.54) is 19.1 Å². The van der Waals surface area contributed by atoms with Crippen LogP contribution in [-0.2, 0) is 9.59 Å². The Balaban J connectivity index is 2.70. The van der Waals surface area contributed by atoms with Gasteiger partial charge in [0.15, 0.2) is 11.9 Å². The summed E-state index contributed by atoms with van der Waals surface area (Å²) in [5, 5.41) is 21.9. The fourth-order valence-electron chi connectivity index (χ4n) is 1.41. The minimum Gasteiger partial charge on any atom is -0.481 e. The van der Waals surface area contributed by atoms with Gasteiger partial charge in [-0.1, -0.05) is 11.6 Å². The Morgan fingerprint density at radius 3 is 2.76 bits per heavy atom. The van der Waals surface area contributed by atoms with Gasteiger partial charge >= 0.3 is 11.7 Å². The van der Waals surface area contributed by atoms with Crippen molar-refractivity contribution >= 4 is 29.2 Å². The van der Waals surface area contributed by atoms with E-state index in [1.54, 1.807) is 0 Å². The number of rotatable bonds is 7. The number of nitro groups is 1. The molecule has 1 aromatic rings. The van der Waals surface area contributed by atoms with Crippen LogP contribution in [0.2, 0.25) is 5.02 Å². The van der Waals surface area contributed by atoms with E-state index in [4.69, 9.17) is 21.4 Å². The Morgan fingerprint density at radius 1 is 1.52 bits per heavy atom. The van der Waals surface area contributed by atoms with Crippen molar-refractivity contribution in [3.05, 3.63) is 33.3 Å². The first-order valence-corrected chi connectivity index (χ1v) is 6.29. The molecule has 9 heteroatoms. The van der Waals surface area contributed by atoms with Crippen molar-refractivity contribution in [2.24, 2.45) is 0 Å². The van der Waals surface area contributed by atoms with Gasteiger partial charge in [-0.25, -0.2) is 0 Å². The number of aliphatic carboxylic acids is 1. The highest BCUT2D eigenvalue weighted by atomic mass is 35.5. The van der Waals surface area contributed by atoms with Gasteiger partial charge in [0.05, 0.1) is 11.3 Å². The third-order valence-corrected chi connectivity index (χ3v) is 2.66. The second-order valence-electron chi connectivity index (χ2n) is 4.06. The van der Waals surface area contributed by atoms with Crippen LogP contribution in [0.15, 0.2) is 18.2 Å². The van der Waals surface area contributed by atoms with E-state index in [-0.39, 0.29) is 29.4 Å². The van der Waals surface area contributed by atoms with E-state index in [0.29, 0.717) is 0 Å². The molecule has 8 nitrogen and oxygen atoms in total. The number of nitrogens with zero attached hydrogens (tertiary/aromatic N) is 1. The summed E-state index contributed by atoms with van der Waals surface area (Å²) in [6, 6.07) is 3.81. The van der Waals surface area contributed by atoms with Gasteiger partial charge in [0.2, 0.25) is 0 Å². The van der Waals surface area contributed by atoms with Gasteiger partial charge in [0, 0.05) is 17.6 Å². The molecule has 1 unspecified atom stereocenters. The van der Waals surface area contributed by atoms with Crippen LogP contribution in [0, 0.1) is 10.1 Å². The highest BCUT2D eigenvalue weighted by Gasteiger charge is 2.21. The van der Waals surface area contributed by atoms with Crippen molar-refractivity contribution in [2.75, 3.05) is 6.54 Å². The maximum Gasteiger partial charge on any atom is 0.312 e. The maximum atomic E-state index is 11.7. The van der Waals surface area contributed by atoms with E-state index < -0.39 is 22.9 Å². The summed E-state index contributed by atoms with van der Waals surface area (Å²) < 4.78 is 5.22. The fraction of sp³-hybridized carbons (Fsp3) is 0.333. The Morgan fingerprint density at radius 2 is 2.19 bits per heavy atom. The monoisotopic (exact) mass is 316 g/mol. The molecule has 0 aliphatic carbocycles. The number of carbonyl (C=O) groups is 2. The van der Waals surface area contributed by atoms with Gasteiger partial charge in [-0.15, -0.1) is 0 Å². The number of halogens is 1. The van der Waals surface area contributed by atoms with E-state index in [9.17, 15) is 19.7 Å². The number of ether oxygens (including phenoxy) is 1. The van der Waals surface area contributed by atoms with E-state index in [1.807, 2.05) is 0 Å². The molecule has 0 heterocycles. The molecule has 1 atom stereocenters. The molecule has 0 aromatic heterocycles. The van der Waals surface area contributed by atoms with Crippen LogP contribution in [0.3, 0.4) is 0 Å². The van der Waals surface area contributed by atoms with Crippen LogP contribution >= 0.6 is 11.6 Å². The van der Waals surface area contributed by atoms with Crippen LogP contribution in [0.25, 0.3) is 0 Å². The number of amides is 1. The van der Waals surface area contributed by atoms with Crippen LogP contribution < -0.4 is 10.1 Å². The Bertz CT molecular complexity index is 563. The molecular formula is C12H13ClN2O6. The predicted octanol–water partition coefficient (Wildman–Crippen LogP) is 1.61. The lowest BCUT2D eigenvalue weighted by molar-refractivity contribution is -0.386. The van der Waals surface area contributed by atoms with Gasteiger partial charge in [0.25, 0.3) is 5.91 Å². The normalized spacial score (nSPS) is 11.5. The first-order chi connectivity index (χ1) is 9.81. The Hall–Kier alpha value is -2.35. The van der Waals surface area contributed by atoms with Crippen LogP contribution in [-0.4, -0.2) is 34.6 Å². The van der Waals surface area contributed by atoms with Gasteiger partial charge in [-0.2, -0.15) is 0 Å². The number of hydrogen-bond acceptors (Lipinski definition) is 5. The van der Waals surface area contributed by atoms with Crippen LogP contribution in [0.1, 0.15) is 13.3 Å². The summed E-state index contributed by atoms with van der Waals surface area (Å²) >= 11 is 5.66. The Labute approximate surface area is 124 Å². The zero-order valence-corrected chi connectivity index (χ0v) is 11.8. The number of carboxylic acids is 1. The summed E-state index contributed by atoms with van der Waals surface area (Å²) in [7, 11) is 0. The smallest absolute Gasteiger partial charge is 0.312 e. The zero-order chi connectivity index (χ0) is 16.0. The molecule has 0 fully saturated rings. The van der Waals surface area contributed by atoms with Crippen molar-refractivity contribution in [1.29, 1.82) is 0 Å². The van der Waals surface area contributed by atoms with E-state index in [2.05, 4.69) is 5.32 Å². The highest BCUT2D eigenvalue weighted by Crippen LogP contribution is 2.30. The summed E-state index contributed by atoms with van der Waals surface area (Å²) in [5.41, 5.74) is -0.354. The molecule has 0 spiro atoms. The highest BCUT2D eigenvalue weighted by molar-refractivity contribution is 6.30. The first-order valence-electron chi connectivity index (χ1n) is 5.91. The van der Waals surface area contributed by atoms with Crippen molar-refractivity contribution in [2.45, 2.75) is 19.4 Å². The lowest BCUT2D eigenvalue weighted by Crippen LogP contribution is -2.37. The van der Waals surface area contributed by atoms with Gasteiger partial charge in [-0.3, -0.25) is 19.7 Å². The molecule has 0 bridgehead atoms. The second-order valence-corrected chi connectivity index (χ2v) is 4.50. The second kappa shape index (κ2) is 7.44. The van der Waals surface area contributed by atoms with Crippen LogP contribution in [0.4, 0.5) is 5.69 Å². The molecule has 21 heavy (non-hydrogen) atoms. The molecule has 1 amide bonds. The maximum absolute atomic E-state index is 11.7. The quantitative estimate of drug-likeness (QED) is 0.582. The SMILES string of the molecule is CC(Oc1ccc(Cl)cc1[N+](=O)[O-])C(=O)NCCC(=O)O. The third-order valence-electron chi connectivity index (χ3n) is 2.43. The molecule has 2 N–H and O–H groups in total. The minimum absolute atomic E-state index is 0.0510. The molecule has 0 aliphatic heterocycles. The summed E-state index contributed by atoms with van der Waals surface area (Å²) in [6.07, 6.45) is -1.24. The molecule has 1 rings (SSSR count). The van der Waals surface area contributed by atoms with Crippen molar-refractivity contribution in [1.82, 2.24) is 5.32 Å². The van der Waals surface area contributed by atoms with Crippen molar-refractivity contribution < 1.29 is 24.4 Å². The van der Waals surface area contributed by atoms with Gasteiger partial charge in [0.1, 0.15) is 0 Å². The fourth-order valence-corrected chi connectivity index (χ4v) is 1.58. The number of carbonyl (C=O) groups excluding carboxylic acids is 1. The molecule has 1 aromatic carbocycles. The Kier molecular flexibility index (Phi) is 5.92. The number of hydrogen-bond donors (Lipinski definition) is 2. The standard InChI is InChI=1S/C12H13ClN2O6/c1-7(12(18)14-5-4-11(16)17)21-10-3-2-8(13)6-9(10)15(19)20/h2-3,6-7H,4-5H2,1H3,(H,14,18)(H,16,17). The lowest BCUT2D eigenvalue weighted by atomic mass is 10.3. The number of nitrogens with one attached hydrogen (secondary N) is 1. The number of nitro benzene ring substituents is 1. The van der Waals surface area contributed by atoms with E-state index in [0.717, 1.165) is 6.07 Å². The molecule has 114 valence electrons. The molecular weight excluding hydrogens is 304 g/mol. The number of carboxylic acid groups (broad SMARTS) is 1. The summed E-state index contributed by atoms with van der Waals surface area (Å²) in [4.78, 5) is 32.2. The van der Waals surface area contributed by atoms with E-state index >= 15 is 0 Å². The number of benzene rings is 1. The molecule has 0 saturated heterocycles. The van der Waals surface area contributed by atoms with Crippen molar-refractivity contribution in [3.8, 4) is 5.75 Å². The van der Waals surface area contributed by atoms with Gasteiger partial charge in [-0.05, 0) is 19.1 Å². The third kappa shape index (κ3) is 5.27. The summed E-state index contributed by atoms with van der Waals surface area (Å²) in [6.45, 7) is 1.35. The minimum atomic E-state index is -1.04. The first kappa shape index (κ1) is 16.7. The lowest BCUT2D eigenvalue weighted by Gasteiger charge is -2.14. The molecule has 0 aliphatic rings. The molecule has 0 radical (unpaired) electrons. The largest absolute Gasteiger partial charge is 0.481 e. The average molecular weight is 317 g/mol. The topological polar surface area (TPSA) is 119 Å². The van der Waals surface area contributed by atoms with Gasteiger partial charge < -0.3 is 15.2 Å². The van der Waals surface area contributed by atoms with Crippen LogP contribution in [0.5, 0.6) is 5.75 Å². The summed E-state index contributed by atoms with van der Waals surface area (Å²) in [5.74, 6) is -1.71. The van der Waals surface area contributed by atoms with Crippen molar-refractivity contribution in [3.63, 3.8) is 0 Å². The predicted molar refractivity (Wildman–Crippen MR) is 73.5 cm³/mol. The average Bonchev–Trinajstić information content (AvgIpc) is 2.39. The molecule has 0 saturated carbocycles. The zero-order valence-electron chi connectivity index (χ0n) is 11.0.